The number of rotatable bonds is 2. The largest absolute Gasteiger partial charge is 0.417 e. The highest BCUT2D eigenvalue weighted by Crippen LogP contribution is 2.25. The summed E-state index contributed by atoms with van der Waals surface area (Å²) in [5, 5.41) is 6.05. The second kappa shape index (κ2) is 5.81. The van der Waals surface area contributed by atoms with Crippen LogP contribution in [0.4, 0.5) is 10.1 Å². The van der Waals surface area contributed by atoms with Gasteiger partial charge in [-0.15, -0.1) is 0 Å². The lowest BCUT2D eigenvalue weighted by Crippen LogP contribution is -2.50. The van der Waals surface area contributed by atoms with E-state index in [0.717, 1.165) is 11.8 Å². The minimum atomic E-state index is -1.47. The zero-order chi connectivity index (χ0) is 18.3. The summed E-state index contributed by atoms with van der Waals surface area (Å²) in [6, 6.07) is 6.58. The third-order valence-corrected chi connectivity index (χ3v) is 4.04. The fourth-order valence-electron chi connectivity index (χ4n) is 2.70. The minimum Gasteiger partial charge on any atom is -0.408 e. The van der Waals surface area contributed by atoms with Gasteiger partial charge in [-0.05, 0) is 31.2 Å². The van der Waals surface area contributed by atoms with E-state index in [1.165, 1.54) is 12.3 Å². The first-order chi connectivity index (χ1) is 12.4. The summed E-state index contributed by atoms with van der Waals surface area (Å²) in [5.41, 5.74) is 8.89. The van der Waals surface area contributed by atoms with Crippen LogP contribution < -0.4 is 22.1 Å². The zero-order valence-electron chi connectivity index (χ0n) is 13.7. The number of nitrogens with two attached hydrogens (primary N) is 1. The van der Waals surface area contributed by atoms with Crippen molar-refractivity contribution >= 4 is 22.6 Å². The van der Waals surface area contributed by atoms with Crippen LogP contribution in [0.1, 0.15) is 12.5 Å². The fourth-order valence-corrected chi connectivity index (χ4v) is 2.70. The van der Waals surface area contributed by atoms with E-state index < -0.39 is 17.4 Å². The van der Waals surface area contributed by atoms with Crippen LogP contribution in [0.15, 0.2) is 62.6 Å². The maximum atomic E-state index is 14.1. The molecule has 0 radical (unpaired) electrons. The number of fused-ring (bicyclic) bond motifs is 1. The SMILES string of the molecule is CC1=CNC(N)(c2ccncc2F)N=C1Nc1ccc2oc(=O)[nH]c2c1. The number of oxazole rings is 1. The van der Waals surface area contributed by atoms with Crippen LogP contribution in [0.5, 0.6) is 0 Å². The number of aromatic amines is 1. The van der Waals surface area contributed by atoms with Crippen molar-refractivity contribution in [1.82, 2.24) is 15.3 Å². The number of amidine groups is 1. The summed E-state index contributed by atoms with van der Waals surface area (Å²) in [7, 11) is 0. The number of aromatic nitrogens is 2. The predicted molar refractivity (Wildman–Crippen MR) is 94.8 cm³/mol. The standard InChI is InChI=1S/C17H15FN6O2/c1-9-7-21-17(19,11-4-5-20-8-12(11)18)24-15(9)22-10-2-3-14-13(6-10)23-16(25)26-14/h2-8,21H,19H2,1H3,(H,22,24)(H,23,25). The third kappa shape index (κ3) is 2.74. The Bertz CT molecular complexity index is 1120. The van der Waals surface area contributed by atoms with Crippen molar-refractivity contribution in [2.24, 2.45) is 10.7 Å². The Hall–Kier alpha value is -3.46. The molecule has 1 aliphatic heterocycles. The van der Waals surface area contributed by atoms with Gasteiger partial charge < -0.3 is 15.1 Å². The van der Waals surface area contributed by atoms with Crippen LogP contribution in [0.2, 0.25) is 0 Å². The Morgan fingerprint density at radius 3 is 3.00 bits per heavy atom. The second-order valence-electron chi connectivity index (χ2n) is 5.90. The zero-order valence-corrected chi connectivity index (χ0v) is 13.7. The van der Waals surface area contributed by atoms with E-state index in [4.69, 9.17) is 10.2 Å². The van der Waals surface area contributed by atoms with E-state index in [-0.39, 0.29) is 5.56 Å². The van der Waals surface area contributed by atoms with Gasteiger partial charge in [-0.25, -0.2) is 14.2 Å². The topological polar surface area (TPSA) is 121 Å². The molecule has 0 fully saturated rings. The van der Waals surface area contributed by atoms with Gasteiger partial charge in [-0.3, -0.25) is 15.7 Å². The summed E-state index contributed by atoms with van der Waals surface area (Å²) >= 11 is 0. The van der Waals surface area contributed by atoms with Crippen LogP contribution in [0.3, 0.4) is 0 Å². The van der Waals surface area contributed by atoms with Gasteiger partial charge in [-0.1, -0.05) is 0 Å². The molecule has 2 aromatic heterocycles. The van der Waals surface area contributed by atoms with Crippen LogP contribution >= 0.6 is 0 Å². The molecule has 0 saturated carbocycles. The number of aliphatic imine (C=N–C) groups is 1. The van der Waals surface area contributed by atoms with E-state index >= 15 is 0 Å². The monoisotopic (exact) mass is 354 g/mol. The van der Waals surface area contributed by atoms with Gasteiger partial charge in [0.05, 0.1) is 17.3 Å². The van der Waals surface area contributed by atoms with E-state index in [0.29, 0.717) is 22.6 Å². The molecule has 8 nitrogen and oxygen atoms in total. The number of halogens is 1. The van der Waals surface area contributed by atoms with E-state index in [2.05, 4.69) is 25.6 Å². The summed E-state index contributed by atoms with van der Waals surface area (Å²) < 4.78 is 19.1. The van der Waals surface area contributed by atoms with Crippen molar-refractivity contribution in [3.8, 4) is 0 Å². The number of nitrogens with one attached hydrogen (secondary N) is 3. The van der Waals surface area contributed by atoms with E-state index in [9.17, 15) is 9.18 Å². The summed E-state index contributed by atoms with van der Waals surface area (Å²) in [4.78, 5) is 22.0. The van der Waals surface area contributed by atoms with Crippen molar-refractivity contribution in [1.29, 1.82) is 0 Å². The molecule has 1 aromatic carbocycles. The van der Waals surface area contributed by atoms with Crippen LogP contribution in [0.25, 0.3) is 11.1 Å². The van der Waals surface area contributed by atoms with Gasteiger partial charge in [-0.2, -0.15) is 0 Å². The molecule has 1 atom stereocenters. The number of hydrogen-bond donors (Lipinski definition) is 4. The molecule has 132 valence electrons. The van der Waals surface area contributed by atoms with Gasteiger partial charge in [0.1, 0.15) is 11.7 Å². The van der Waals surface area contributed by atoms with E-state index in [1.807, 2.05) is 6.92 Å². The lowest BCUT2D eigenvalue weighted by molar-refractivity contribution is 0.386. The Labute approximate surface area is 146 Å². The Kier molecular flexibility index (Phi) is 3.58. The first-order valence-electron chi connectivity index (χ1n) is 7.78. The highest BCUT2D eigenvalue weighted by Gasteiger charge is 2.32. The third-order valence-electron chi connectivity index (χ3n) is 4.04. The molecule has 26 heavy (non-hydrogen) atoms. The minimum absolute atomic E-state index is 0.171. The van der Waals surface area contributed by atoms with Gasteiger partial charge in [0.25, 0.3) is 0 Å². The summed E-state index contributed by atoms with van der Waals surface area (Å²) in [6.45, 7) is 1.83. The van der Waals surface area contributed by atoms with Crippen LogP contribution in [-0.4, -0.2) is 15.8 Å². The summed E-state index contributed by atoms with van der Waals surface area (Å²) in [5.74, 6) is -2.09. The first-order valence-corrected chi connectivity index (χ1v) is 7.78. The fraction of sp³-hybridized carbons (Fsp3) is 0.118. The number of hydrogen-bond acceptors (Lipinski definition) is 7. The molecule has 9 heteroatoms. The molecule has 3 aromatic rings. The molecular weight excluding hydrogens is 339 g/mol. The average Bonchev–Trinajstić information content (AvgIpc) is 2.98. The predicted octanol–water partition coefficient (Wildman–Crippen LogP) is 1.74. The highest BCUT2D eigenvalue weighted by molar-refractivity contribution is 6.08. The highest BCUT2D eigenvalue weighted by atomic mass is 19.1. The molecule has 0 bridgehead atoms. The van der Waals surface area contributed by atoms with Crippen LogP contribution in [0, 0.1) is 5.82 Å². The van der Waals surface area contributed by atoms with Crippen molar-refractivity contribution in [2.45, 2.75) is 12.7 Å². The van der Waals surface area contributed by atoms with E-state index in [1.54, 1.807) is 24.4 Å². The number of pyridine rings is 1. The van der Waals surface area contributed by atoms with Gasteiger partial charge >= 0.3 is 5.76 Å². The Morgan fingerprint density at radius 2 is 2.19 bits per heavy atom. The molecule has 0 spiro atoms. The molecule has 0 saturated heterocycles. The molecule has 0 amide bonds. The Morgan fingerprint density at radius 1 is 1.35 bits per heavy atom. The molecule has 3 heterocycles. The Balaban J connectivity index is 1.71. The van der Waals surface area contributed by atoms with Gasteiger partial charge in [0, 0.05) is 23.7 Å². The smallest absolute Gasteiger partial charge is 0.408 e. The van der Waals surface area contributed by atoms with Crippen molar-refractivity contribution < 1.29 is 8.81 Å². The molecule has 0 aliphatic carbocycles. The first kappa shape index (κ1) is 16.0. The number of benzene rings is 1. The molecule has 1 unspecified atom stereocenters. The van der Waals surface area contributed by atoms with Gasteiger partial charge in [0.15, 0.2) is 5.58 Å². The van der Waals surface area contributed by atoms with Crippen molar-refractivity contribution in [2.75, 3.05) is 5.32 Å². The number of nitrogens with zero attached hydrogens (tertiary/aromatic N) is 2. The van der Waals surface area contributed by atoms with Crippen molar-refractivity contribution in [3.63, 3.8) is 0 Å². The molecule has 4 rings (SSSR count). The maximum Gasteiger partial charge on any atom is 0.417 e. The van der Waals surface area contributed by atoms with Crippen LogP contribution in [-0.2, 0) is 5.79 Å². The lowest BCUT2D eigenvalue weighted by atomic mass is 10.1. The number of H-pyrrole nitrogens is 1. The average molecular weight is 354 g/mol. The van der Waals surface area contributed by atoms with Crippen molar-refractivity contribution in [3.05, 3.63) is 70.4 Å². The number of anilines is 1. The van der Waals surface area contributed by atoms with Gasteiger partial charge in [0.2, 0.25) is 5.79 Å². The second-order valence-corrected chi connectivity index (χ2v) is 5.90. The molecule has 1 aliphatic rings. The summed E-state index contributed by atoms with van der Waals surface area (Å²) in [6.07, 6.45) is 4.20. The molecule has 5 N–H and O–H groups in total. The lowest BCUT2D eigenvalue weighted by Gasteiger charge is -2.31. The molecular formula is C17H15FN6O2. The maximum absolute atomic E-state index is 14.1. The normalized spacial score (nSPS) is 19.7. The quantitative estimate of drug-likeness (QED) is 0.556.